The van der Waals surface area contributed by atoms with Crippen molar-refractivity contribution in [2.75, 3.05) is 31.1 Å². The fraction of sp³-hybridized carbons (Fsp3) is 0.556. The lowest BCUT2D eigenvalue weighted by Crippen LogP contribution is -2.40. The lowest BCUT2D eigenvalue weighted by atomic mass is 9.98. The van der Waals surface area contributed by atoms with Crippen LogP contribution in [0.4, 0.5) is 5.69 Å². The van der Waals surface area contributed by atoms with Crippen molar-refractivity contribution in [2.24, 2.45) is 0 Å². The van der Waals surface area contributed by atoms with Gasteiger partial charge in [0.05, 0.1) is 0 Å². The lowest BCUT2D eigenvalue weighted by Gasteiger charge is -2.31. The summed E-state index contributed by atoms with van der Waals surface area (Å²) in [6.45, 7) is 7.19. The van der Waals surface area contributed by atoms with Gasteiger partial charge < -0.3 is 15.5 Å². The van der Waals surface area contributed by atoms with E-state index < -0.39 is 11.8 Å². The highest BCUT2D eigenvalue weighted by atomic mass is 16.2. The summed E-state index contributed by atoms with van der Waals surface area (Å²) >= 11 is 0. The van der Waals surface area contributed by atoms with E-state index in [4.69, 9.17) is 0 Å². The molecule has 0 bridgehead atoms. The molecule has 0 aromatic heterocycles. The molecule has 1 heterocycles. The number of nitrogens with zero attached hydrogens (tertiary/aromatic N) is 1. The topological polar surface area (TPSA) is 61.4 Å². The molecule has 0 saturated carbocycles. The first kappa shape index (κ1) is 17.3. The van der Waals surface area contributed by atoms with Gasteiger partial charge in [-0.15, -0.1) is 0 Å². The number of fused-ring (bicyclic) bond motifs is 1. The van der Waals surface area contributed by atoms with Crippen LogP contribution in [-0.4, -0.2) is 38.0 Å². The third kappa shape index (κ3) is 4.71. The lowest BCUT2D eigenvalue weighted by molar-refractivity contribution is -0.139. The van der Waals surface area contributed by atoms with E-state index in [1.54, 1.807) is 6.92 Å². The Hall–Kier alpha value is -2.04. The number of likely N-dealkylation sites (N-methyl/N-ethyl adjacent to an activating group) is 1. The molecule has 5 nitrogen and oxygen atoms in total. The molecule has 0 saturated heterocycles. The number of carbonyl (C=O) groups excluding carboxylic acids is 2. The number of carbonyl (C=O) groups is 2. The van der Waals surface area contributed by atoms with Crippen molar-refractivity contribution in [1.82, 2.24) is 10.6 Å². The first-order valence-corrected chi connectivity index (χ1v) is 8.58. The fourth-order valence-corrected chi connectivity index (χ4v) is 3.03. The molecule has 23 heavy (non-hydrogen) atoms. The number of hydrogen-bond acceptors (Lipinski definition) is 3. The quantitative estimate of drug-likeness (QED) is 0.784. The maximum absolute atomic E-state index is 11.5. The van der Waals surface area contributed by atoms with Crippen LogP contribution in [-0.2, 0) is 22.4 Å². The Balaban J connectivity index is 1.90. The Kier molecular flexibility index (Phi) is 6.44. The zero-order valence-corrected chi connectivity index (χ0v) is 14.2. The van der Waals surface area contributed by atoms with E-state index in [0.29, 0.717) is 13.1 Å². The van der Waals surface area contributed by atoms with Crippen molar-refractivity contribution in [1.29, 1.82) is 0 Å². The maximum atomic E-state index is 11.5. The fourth-order valence-electron chi connectivity index (χ4n) is 3.03. The molecule has 1 aromatic rings. The van der Waals surface area contributed by atoms with Gasteiger partial charge in [0.15, 0.2) is 0 Å². The van der Waals surface area contributed by atoms with E-state index >= 15 is 0 Å². The summed E-state index contributed by atoms with van der Waals surface area (Å²) in [5.74, 6) is -1.12. The highest BCUT2D eigenvalue weighted by Gasteiger charge is 2.16. The summed E-state index contributed by atoms with van der Waals surface area (Å²) < 4.78 is 0. The predicted octanol–water partition coefficient (Wildman–Crippen LogP) is 1.64. The zero-order chi connectivity index (χ0) is 16.7. The van der Waals surface area contributed by atoms with Crippen molar-refractivity contribution in [2.45, 2.75) is 39.5 Å². The van der Waals surface area contributed by atoms with E-state index in [1.807, 2.05) is 0 Å². The van der Waals surface area contributed by atoms with Crippen molar-refractivity contribution in [3.8, 4) is 0 Å². The third-order valence-electron chi connectivity index (χ3n) is 4.10. The Labute approximate surface area is 138 Å². The third-order valence-corrected chi connectivity index (χ3v) is 4.10. The smallest absolute Gasteiger partial charge is 0.309 e. The molecule has 0 unspecified atom stereocenters. The Morgan fingerprint density at radius 2 is 1.96 bits per heavy atom. The average Bonchev–Trinajstić information content (AvgIpc) is 2.55. The van der Waals surface area contributed by atoms with Gasteiger partial charge in [0.2, 0.25) is 0 Å². The highest BCUT2D eigenvalue weighted by Crippen LogP contribution is 2.28. The molecule has 2 rings (SSSR count). The minimum Gasteiger partial charge on any atom is -0.371 e. The number of anilines is 1. The van der Waals surface area contributed by atoms with Crippen LogP contribution in [0.1, 0.15) is 37.8 Å². The number of amides is 2. The SMILES string of the molecule is CCCN1CCCc2cc(CCNC(=O)C(=O)NCC)ccc21. The van der Waals surface area contributed by atoms with E-state index in [9.17, 15) is 9.59 Å². The number of benzene rings is 1. The van der Waals surface area contributed by atoms with Gasteiger partial charge in [0, 0.05) is 31.9 Å². The minimum absolute atomic E-state index is 0.464. The van der Waals surface area contributed by atoms with Crippen molar-refractivity contribution < 1.29 is 9.59 Å². The van der Waals surface area contributed by atoms with Gasteiger partial charge in [0.1, 0.15) is 0 Å². The van der Waals surface area contributed by atoms with Crippen molar-refractivity contribution in [3.63, 3.8) is 0 Å². The minimum atomic E-state index is -0.562. The van der Waals surface area contributed by atoms with Gasteiger partial charge in [-0.3, -0.25) is 9.59 Å². The summed E-state index contributed by atoms with van der Waals surface area (Å²) in [5, 5.41) is 5.16. The summed E-state index contributed by atoms with van der Waals surface area (Å²) in [6, 6.07) is 6.58. The molecule has 5 heteroatoms. The number of hydrogen-bond donors (Lipinski definition) is 2. The number of aryl methyl sites for hydroxylation is 1. The van der Waals surface area contributed by atoms with Crippen LogP contribution in [0.3, 0.4) is 0 Å². The monoisotopic (exact) mass is 317 g/mol. The zero-order valence-electron chi connectivity index (χ0n) is 14.2. The van der Waals surface area contributed by atoms with Crippen LogP contribution in [0.25, 0.3) is 0 Å². The van der Waals surface area contributed by atoms with Crippen LogP contribution in [0.2, 0.25) is 0 Å². The second-order valence-corrected chi connectivity index (χ2v) is 5.92. The standard InChI is InChI=1S/C18H27N3O2/c1-3-11-21-12-5-6-15-13-14(7-8-16(15)21)9-10-20-18(23)17(22)19-4-2/h7-8,13H,3-6,9-12H2,1-2H3,(H,19,22)(H,20,23). The van der Waals surface area contributed by atoms with Crippen LogP contribution in [0.15, 0.2) is 18.2 Å². The summed E-state index contributed by atoms with van der Waals surface area (Å²) in [5.41, 5.74) is 3.96. The summed E-state index contributed by atoms with van der Waals surface area (Å²) in [4.78, 5) is 25.3. The Morgan fingerprint density at radius 3 is 2.70 bits per heavy atom. The molecule has 1 aromatic carbocycles. The van der Waals surface area contributed by atoms with Crippen LogP contribution < -0.4 is 15.5 Å². The van der Waals surface area contributed by atoms with E-state index in [2.05, 4.69) is 40.7 Å². The molecule has 0 atom stereocenters. The predicted molar refractivity (Wildman–Crippen MR) is 92.7 cm³/mol. The van der Waals surface area contributed by atoms with Gasteiger partial charge in [-0.2, -0.15) is 0 Å². The summed E-state index contributed by atoms with van der Waals surface area (Å²) in [7, 11) is 0. The number of nitrogens with one attached hydrogen (secondary N) is 2. The van der Waals surface area contributed by atoms with Crippen molar-refractivity contribution >= 4 is 17.5 Å². The molecule has 0 spiro atoms. The summed E-state index contributed by atoms with van der Waals surface area (Å²) in [6.07, 6.45) is 4.22. The normalized spacial score (nSPS) is 13.4. The molecule has 126 valence electrons. The molecule has 1 aliphatic rings. The molecule has 0 fully saturated rings. The van der Waals surface area contributed by atoms with Crippen LogP contribution in [0.5, 0.6) is 0 Å². The number of rotatable bonds is 6. The second-order valence-electron chi connectivity index (χ2n) is 5.92. The Morgan fingerprint density at radius 1 is 1.17 bits per heavy atom. The first-order valence-electron chi connectivity index (χ1n) is 8.58. The molecular formula is C18H27N3O2. The van der Waals surface area contributed by atoms with Gasteiger partial charge >= 0.3 is 11.8 Å². The van der Waals surface area contributed by atoms with Gasteiger partial charge in [-0.1, -0.05) is 19.1 Å². The van der Waals surface area contributed by atoms with E-state index in [0.717, 1.165) is 32.4 Å². The van der Waals surface area contributed by atoms with Gasteiger partial charge in [-0.05, 0) is 49.8 Å². The van der Waals surface area contributed by atoms with Crippen LogP contribution >= 0.6 is 0 Å². The molecular weight excluding hydrogens is 290 g/mol. The molecule has 0 aliphatic carbocycles. The molecule has 2 amide bonds. The molecule has 0 radical (unpaired) electrons. The first-order chi connectivity index (χ1) is 11.2. The second kappa shape index (κ2) is 8.56. The molecule has 1 aliphatic heterocycles. The van der Waals surface area contributed by atoms with Gasteiger partial charge in [-0.25, -0.2) is 0 Å². The van der Waals surface area contributed by atoms with Crippen molar-refractivity contribution in [3.05, 3.63) is 29.3 Å². The van der Waals surface area contributed by atoms with E-state index in [-0.39, 0.29) is 0 Å². The van der Waals surface area contributed by atoms with Gasteiger partial charge in [0.25, 0.3) is 0 Å². The van der Waals surface area contributed by atoms with E-state index in [1.165, 1.54) is 23.2 Å². The average molecular weight is 317 g/mol. The maximum Gasteiger partial charge on any atom is 0.309 e. The van der Waals surface area contributed by atoms with Crippen LogP contribution in [0, 0.1) is 0 Å². The molecule has 2 N–H and O–H groups in total. The largest absolute Gasteiger partial charge is 0.371 e. The highest BCUT2D eigenvalue weighted by molar-refractivity contribution is 6.35. The Bertz CT molecular complexity index is 557.